The predicted molar refractivity (Wildman–Crippen MR) is 163 cm³/mol. The molecule has 1 aromatic heterocycles. The zero-order valence-corrected chi connectivity index (χ0v) is 25.7. The lowest BCUT2D eigenvalue weighted by molar-refractivity contribution is -0.149. The van der Waals surface area contributed by atoms with Crippen molar-refractivity contribution in [1.82, 2.24) is 9.55 Å². The molecule has 9 heteroatoms. The van der Waals surface area contributed by atoms with E-state index in [0.29, 0.717) is 31.1 Å². The smallest absolute Gasteiger partial charge is 0.333 e. The van der Waals surface area contributed by atoms with E-state index in [2.05, 4.69) is 6.92 Å². The average Bonchev–Trinajstić information content (AvgIpc) is 3.31. The number of phenols is 1. The molecule has 3 aromatic carbocycles. The van der Waals surface area contributed by atoms with Crippen LogP contribution in [0.3, 0.4) is 0 Å². The molecule has 0 spiro atoms. The topological polar surface area (TPSA) is 112 Å². The summed E-state index contributed by atoms with van der Waals surface area (Å²) in [5.41, 5.74) is 5.93. The van der Waals surface area contributed by atoms with Crippen LogP contribution in [0.4, 0.5) is 0 Å². The van der Waals surface area contributed by atoms with Gasteiger partial charge in [-0.3, -0.25) is 0 Å². The van der Waals surface area contributed by atoms with Gasteiger partial charge in [-0.05, 0) is 94.0 Å². The first-order valence-electron chi connectivity index (χ1n) is 14.6. The molecular weight excluding hydrogens is 548 g/mol. The van der Waals surface area contributed by atoms with Crippen LogP contribution in [0.25, 0.3) is 11.0 Å². The Hall–Kier alpha value is -4.24. The number of aromatic nitrogens is 2. The minimum atomic E-state index is -0.970. The molecule has 1 aliphatic rings. The van der Waals surface area contributed by atoms with Gasteiger partial charge in [0.05, 0.1) is 11.0 Å². The third-order valence-electron chi connectivity index (χ3n) is 8.44. The Labute approximate surface area is 252 Å². The van der Waals surface area contributed by atoms with Crippen molar-refractivity contribution in [3.63, 3.8) is 0 Å². The second kappa shape index (κ2) is 12.2. The number of ether oxygens (including phenoxy) is 4. The van der Waals surface area contributed by atoms with Crippen LogP contribution in [0, 0.1) is 20.8 Å². The van der Waals surface area contributed by atoms with Crippen molar-refractivity contribution in [2.45, 2.75) is 72.2 Å². The number of phenolic OH excluding ortho intramolecular Hbond substituents is 1. The van der Waals surface area contributed by atoms with Gasteiger partial charge < -0.3 is 33.7 Å². The molecule has 0 amide bonds. The second-order valence-electron chi connectivity index (χ2n) is 11.5. The molecule has 5 rings (SSSR count). The Bertz CT molecular complexity index is 1640. The Morgan fingerprint density at radius 2 is 1.79 bits per heavy atom. The zero-order chi connectivity index (χ0) is 30.9. The van der Waals surface area contributed by atoms with E-state index in [1.807, 2.05) is 74.9 Å². The lowest BCUT2D eigenvalue weighted by Crippen LogP contribution is -2.42. The highest BCUT2D eigenvalue weighted by Gasteiger charge is 2.35. The molecule has 0 fully saturated rings. The number of hydrogen-bond acceptors (Lipinski definition) is 7. The SMILES string of the molecule is CCOC(Cc1ccc(OCc2nc3ccc(OCC4(C)CCc5c(C)c(O)c(C)c(C)c5O4)cc3n2C)cc1)C(=O)O. The van der Waals surface area contributed by atoms with Crippen LogP contribution in [0.5, 0.6) is 23.0 Å². The van der Waals surface area contributed by atoms with Crippen molar-refractivity contribution in [2.24, 2.45) is 7.05 Å². The monoisotopic (exact) mass is 588 g/mol. The highest BCUT2D eigenvalue weighted by atomic mass is 16.5. The lowest BCUT2D eigenvalue weighted by Gasteiger charge is -2.37. The molecule has 2 heterocycles. The van der Waals surface area contributed by atoms with Gasteiger partial charge in [0.1, 0.15) is 47.6 Å². The van der Waals surface area contributed by atoms with E-state index in [0.717, 1.165) is 69.0 Å². The summed E-state index contributed by atoms with van der Waals surface area (Å²) < 4.78 is 26.1. The third kappa shape index (κ3) is 6.27. The van der Waals surface area contributed by atoms with Crippen LogP contribution in [-0.2, 0) is 36.0 Å². The Balaban J connectivity index is 1.22. The third-order valence-corrected chi connectivity index (χ3v) is 8.44. The Morgan fingerprint density at radius 3 is 2.49 bits per heavy atom. The maximum Gasteiger partial charge on any atom is 0.333 e. The minimum absolute atomic E-state index is 0.274. The number of hydrogen-bond donors (Lipinski definition) is 2. The van der Waals surface area contributed by atoms with Crippen molar-refractivity contribution in [2.75, 3.05) is 13.2 Å². The van der Waals surface area contributed by atoms with Gasteiger partial charge in [0, 0.05) is 31.7 Å². The van der Waals surface area contributed by atoms with Gasteiger partial charge in [-0.15, -0.1) is 0 Å². The van der Waals surface area contributed by atoms with Crippen LogP contribution >= 0.6 is 0 Å². The number of aliphatic carboxylic acids is 1. The number of benzene rings is 3. The lowest BCUT2D eigenvalue weighted by atomic mass is 9.87. The maximum absolute atomic E-state index is 11.4. The van der Waals surface area contributed by atoms with Gasteiger partial charge in [-0.2, -0.15) is 0 Å². The quantitative estimate of drug-likeness (QED) is 0.220. The molecule has 228 valence electrons. The van der Waals surface area contributed by atoms with Crippen molar-refractivity contribution in [3.05, 3.63) is 76.1 Å². The molecule has 2 unspecified atom stereocenters. The first-order chi connectivity index (χ1) is 20.5. The van der Waals surface area contributed by atoms with Gasteiger partial charge in [0.15, 0.2) is 6.10 Å². The molecule has 9 nitrogen and oxygen atoms in total. The van der Waals surface area contributed by atoms with E-state index >= 15 is 0 Å². The van der Waals surface area contributed by atoms with E-state index in [9.17, 15) is 15.0 Å². The van der Waals surface area contributed by atoms with Gasteiger partial charge >= 0.3 is 5.97 Å². The normalized spacial score (nSPS) is 16.9. The number of aromatic hydroxyl groups is 1. The van der Waals surface area contributed by atoms with Crippen LogP contribution < -0.4 is 14.2 Å². The standard InChI is InChI=1S/C34H40N2O7/c1-7-40-29(33(38)39)16-23-8-10-24(11-9-23)41-18-30-35-27-13-12-25(17-28(27)36(30)6)42-19-34(5)15-14-26-22(4)31(37)20(2)21(3)32(26)43-34/h8-13,17,29,37H,7,14-16,18-19H2,1-6H3,(H,38,39). The number of carboxylic acids is 1. The van der Waals surface area contributed by atoms with Gasteiger partial charge in [-0.25, -0.2) is 9.78 Å². The number of imidazole rings is 1. The minimum Gasteiger partial charge on any atom is -0.507 e. The summed E-state index contributed by atoms with van der Waals surface area (Å²) in [7, 11) is 1.95. The predicted octanol–water partition coefficient (Wildman–Crippen LogP) is 5.98. The molecular formula is C34H40N2O7. The van der Waals surface area contributed by atoms with Gasteiger partial charge in [0.25, 0.3) is 0 Å². The number of nitrogens with zero attached hydrogens (tertiary/aromatic N) is 2. The molecule has 0 bridgehead atoms. The number of rotatable bonds is 11. The van der Waals surface area contributed by atoms with E-state index in [1.54, 1.807) is 6.92 Å². The number of aryl methyl sites for hydroxylation is 1. The van der Waals surface area contributed by atoms with E-state index < -0.39 is 17.7 Å². The summed E-state index contributed by atoms with van der Waals surface area (Å²) >= 11 is 0. The average molecular weight is 589 g/mol. The van der Waals surface area contributed by atoms with Crippen LogP contribution in [-0.4, -0.2) is 50.7 Å². The van der Waals surface area contributed by atoms with Crippen LogP contribution in [0.1, 0.15) is 53.9 Å². The molecule has 1 aliphatic heterocycles. The van der Waals surface area contributed by atoms with Crippen molar-refractivity contribution < 1.29 is 34.0 Å². The summed E-state index contributed by atoms with van der Waals surface area (Å²) in [5, 5.41) is 19.8. The van der Waals surface area contributed by atoms with Crippen LogP contribution in [0.2, 0.25) is 0 Å². The molecule has 0 aliphatic carbocycles. The zero-order valence-electron chi connectivity index (χ0n) is 25.7. The second-order valence-corrected chi connectivity index (χ2v) is 11.5. The molecule has 4 aromatic rings. The summed E-state index contributed by atoms with van der Waals surface area (Å²) in [4.78, 5) is 16.1. The van der Waals surface area contributed by atoms with Crippen molar-refractivity contribution >= 4 is 17.0 Å². The van der Waals surface area contributed by atoms with Crippen molar-refractivity contribution in [1.29, 1.82) is 0 Å². The maximum atomic E-state index is 11.4. The molecule has 2 atom stereocenters. The number of carboxylic acid groups (broad SMARTS) is 1. The first kappa shape index (κ1) is 30.2. The summed E-state index contributed by atoms with van der Waals surface area (Å²) in [6.07, 6.45) is 1.03. The summed E-state index contributed by atoms with van der Waals surface area (Å²) in [5.74, 6) is 2.42. The Morgan fingerprint density at radius 1 is 1.07 bits per heavy atom. The molecule has 0 saturated carbocycles. The largest absolute Gasteiger partial charge is 0.507 e. The number of fused-ring (bicyclic) bond motifs is 2. The number of carbonyl (C=O) groups is 1. The molecule has 0 radical (unpaired) electrons. The fraction of sp³-hybridized carbons (Fsp3) is 0.412. The highest BCUT2D eigenvalue weighted by molar-refractivity contribution is 5.77. The van der Waals surface area contributed by atoms with Gasteiger partial charge in [0.2, 0.25) is 0 Å². The highest BCUT2D eigenvalue weighted by Crippen LogP contribution is 2.43. The van der Waals surface area contributed by atoms with E-state index in [-0.39, 0.29) is 6.61 Å². The van der Waals surface area contributed by atoms with E-state index in [1.165, 1.54) is 0 Å². The molecule has 43 heavy (non-hydrogen) atoms. The van der Waals surface area contributed by atoms with Gasteiger partial charge in [-0.1, -0.05) is 12.1 Å². The van der Waals surface area contributed by atoms with Crippen LogP contribution in [0.15, 0.2) is 42.5 Å². The summed E-state index contributed by atoms with van der Waals surface area (Å²) in [6.45, 7) is 10.7. The Kier molecular flexibility index (Phi) is 8.55. The fourth-order valence-electron chi connectivity index (χ4n) is 5.57. The fourth-order valence-corrected chi connectivity index (χ4v) is 5.57. The van der Waals surface area contributed by atoms with Crippen molar-refractivity contribution in [3.8, 4) is 23.0 Å². The van der Waals surface area contributed by atoms with E-state index in [4.69, 9.17) is 23.9 Å². The summed E-state index contributed by atoms with van der Waals surface area (Å²) in [6, 6.07) is 13.2. The molecule has 0 saturated heterocycles. The first-order valence-corrected chi connectivity index (χ1v) is 14.6. The molecule has 2 N–H and O–H groups in total.